The standard InChI is InChI=1S/C14H11NO/c1-2-6-11(7-3-1)13-10-14(16-15-13)12-8-4-5-9-12/h1-10,15H. The van der Waals surface area contributed by atoms with Crippen molar-refractivity contribution in [2.24, 2.45) is 0 Å². The fraction of sp³-hybridized carbons (Fsp3) is 0. The van der Waals surface area contributed by atoms with E-state index in [4.69, 9.17) is 4.84 Å². The first kappa shape index (κ1) is 9.04. The van der Waals surface area contributed by atoms with E-state index in [1.807, 2.05) is 48.6 Å². The predicted octanol–water partition coefficient (Wildman–Crippen LogP) is 2.94. The maximum Gasteiger partial charge on any atom is 0.164 e. The van der Waals surface area contributed by atoms with E-state index in [2.05, 4.69) is 17.6 Å². The van der Waals surface area contributed by atoms with Gasteiger partial charge in [0.2, 0.25) is 0 Å². The largest absolute Gasteiger partial charge is 0.381 e. The Kier molecular flexibility index (Phi) is 2.11. The smallest absolute Gasteiger partial charge is 0.164 e. The highest BCUT2D eigenvalue weighted by molar-refractivity contribution is 5.68. The van der Waals surface area contributed by atoms with Crippen molar-refractivity contribution in [3.63, 3.8) is 0 Å². The molecule has 0 amide bonds. The zero-order valence-corrected chi connectivity index (χ0v) is 8.68. The van der Waals surface area contributed by atoms with Gasteiger partial charge >= 0.3 is 0 Å². The van der Waals surface area contributed by atoms with Crippen LogP contribution in [0.25, 0.3) is 5.70 Å². The number of rotatable bonds is 1. The summed E-state index contributed by atoms with van der Waals surface area (Å²) < 4.78 is 0. The second-order valence-electron chi connectivity index (χ2n) is 3.67. The van der Waals surface area contributed by atoms with Crippen molar-refractivity contribution in [2.45, 2.75) is 0 Å². The Balaban J connectivity index is 1.96. The van der Waals surface area contributed by atoms with Gasteiger partial charge in [-0.3, -0.25) is 0 Å². The van der Waals surface area contributed by atoms with Crippen LogP contribution in [-0.2, 0) is 4.84 Å². The molecule has 0 saturated heterocycles. The third-order valence-electron chi connectivity index (χ3n) is 2.58. The van der Waals surface area contributed by atoms with Crippen LogP contribution in [-0.4, -0.2) is 0 Å². The maximum atomic E-state index is 5.44. The zero-order valence-electron chi connectivity index (χ0n) is 8.68. The first-order valence-electron chi connectivity index (χ1n) is 5.22. The first-order valence-corrected chi connectivity index (χ1v) is 5.22. The molecule has 2 nitrogen and oxygen atoms in total. The van der Waals surface area contributed by atoms with Crippen molar-refractivity contribution in [2.75, 3.05) is 0 Å². The summed E-state index contributed by atoms with van der Waals surface area (Å²) in [4.78, 5) is 5.44. The lowest BCUT2D eigenvalue weighted by Crippen LogP contribution is -2.04. The average Bonchev–Trinajstić information content (AvgIpc) is 3.01. The minimum Gasteiger partial charge on any atom is -0.381 e. The molecule has 1 aliphatic heterocycles. The molecule has 0 radical (unpaired) electrons. The Morgan fingerprint density at radius 1 is 0.938 bits per heavy atom. The molecule has 1 heterocycles. The third kappa shape index (κ3) is 1.54. The van der Waals surface area contributed by atoms with Gasteiger partial charge in [-0.2, -0.15) is 0 Å². The summed E-state index contributed by atoms with van der Waals surface area (Å²) in [7, 11) is 0. The highest BCUT2D eigenvalue weighted by Crippen LogP contribution is 2.24. The third-order valence-corrected chi connectivity index (χ3v) is 2.58. The van der Waals surface area contributed by atoms with E-state index in [1.54, 1.807) is 0 Å². The van der Waals surface area contributed by atoms with Crippen LogP contribution in [0.5, 0.6) is 0 Å². The minimum atomic E-state index is 0.865. The Bertz CT molecular complexity index is 507. The van der Waals surface area contributed by atoms with Gasteiger partial charge < -0.3 is 4.84 Å². The van der Waals surface area contributed by atoms with Crippen LogP contribution < -0.4 is 5.48 Å². The normalized spacial score (nSPS) is 17.4. The van der Waals surface area contributed by atoms with Gasteiger partial charge in [0.1, 0.15) is 0 Å². The van der Waals surface area contributed by atoms with Crippen molar-refractivity contribution >= 4 is 5.70 Å². The molecule has 0 aromatic heterocycles. The van der Waals surface area contributed by atoms with Crippen LogP contribution in [0.2, 0.25) is 0 Å². The molecule has 0 unspecified atom stereocenters. The van der Waals surface area contributed by atoms with Gasteiger partial charge in [-0.1, -0.05) is 54.6 Å². The summed E-state index contributed by atoms with van der Waals surface area (Å²) in [6.07, 6.45) is 10.1. The molecule has 1 aromatic rings. The van der Waals surface area contributed by atoms with Crippen LogP contribution in [0, 0.1) is 0 Å². The van der Waals surface area contributed by atoms with Crippen LogP contribution in [0.3, 0.4) is 0 Å². The van der Waals surface area contributed by atoms with Crippen LogP contribution in [0.1, 0.15) is 5.56 Å². The highest BCUT2D eigenvalue weighted by atomic mass is 16.7. The highest BCUT2D eigenvalue weighted by Gasteiger charge is 2.14. The molecule has 0 spiro atoms. The Morgan fingerprint density at radius 2 is 1.69 bits per heavy atom. The monoisotopic (exact) mass is 209 g/mol. The molecular weight excluding hydrogens is 198 g/mol. The second-order valence-corrected chi connectivity index (χ2v) is 3.67. The van der Waals surface area contributed by atoms with Crippen molar-refractivity contribution in [3.05, 3.63) is 77.6 Å². The maximum absolute atomic E-state index is 5.44. The molecule has 0 bridgehead atoms. The van der Waals surface area contributed by atoms with E-state index in [0.29, 0.717) is 0 Å². The molecule has 0 fully saturated rings. The fourth-order valence-corrected chi connectivity index (χ4v) is 1.74. The van der Waals surface area contributed by atoms with Gasteiger partial charge in [0.15, 0.2) is 5.76 Å². The number of hydroxylamine groups is 1. The lowest BCUT2D eigenvalue weighted by molar-refractivity contribution is 0.176. The molecule has 1 N–H and O–H groups in total. The Hall–Kier alpha value is -2.22. The van der Waals surface area contributed by atoms with Crippen molar-refractivity contribution in [1.29, 1.82) is 0 Å². The van der Waals surface area contributed by atoms with Gasteiger partial charge in [-0.15, -0.1) is 0 Å². The lowest BCUT2D eigenvalue weighted by atomic mass is 10.1. The van der Waals surface area contributed by atoms with Gasteiger partial charge in [0.05, 0.1) is 5.70 Å². The molecule has 0 saturated carbocycles. The number of benzene rings is 1. The minimum absolute atomic E-state index is 0.865. The van der Waals surface area contributed by atoms with E-state index in [1.165, 1.54) is 0 Å². The Morgan fingerprint density at radius 3 is 2.44 bits per heavy atom. The number of allylic oxidation sites excluding steroid dienone is 6. The fourth-order valence-electron chi connectivity index (χ4n) is 1.74. The van der Waals surface area contributed by atoms with E-state index < -0.39 is 0 Å². The van der Waals surface area contributed by atoms with Gasteiger partial charge in [-0.05, 0) is 0 Å². The molecule has 1 aromatic carbocycles. The molecule has 1 aliphatic carbocycles. The predicted molar refractivity (Wildman–Crippen MR) is 63.9 cm³/mol. The molecule has 78 valence electrons. The topological polar surface area (TPSA) is 21.3 Å². The summed E-state index contributed by atoms with van der Waals surface area (Å²) >= 11 is 0. The number of hydrogen-bond donors (Lipinski definition) is 1. The molecular formula is C14H11NO. The van der Waals surface area contributed by atoms with Crippen molar-refractivity contribution in [3.8, 4) is 0 Å². The summed E-state index contributed by atoms with van der Waals surface area (Å²) in [6.45, 7) is 0. The van der Waals surface area contributed by atoms with Gasteiger partial charge in [-0.25, -0.2) is 5.48 Å². The molecule has 2 heteroatoms. The van der Waals surface area contributed by atoms with E-state index in [-0.39, 0.29) is 0 Å². The SMILES string of the molecule is C1=CC(=C2C=C(c3ccccc3)NO2)C=C1. The molecule has 16 heavy (non-hydrogen) atoms. The quantitative estimate of drug-likeness (QED) is 0.767. The number of hydrogen-bond acceptors (Lipinski definition) is 2. The van der Waals surface area contributed by atoms with Crippen LogP contribution in [0.15, 0.2) is 72.0 Å². The van der Waals surface area contributed by atoms with Crippen LogP contribution >= 0.6 is 0 Å². The summed E-state index contributed by atoms with van der Waals surface area (Å²) in [5.74, 6) is 0.865. The lowest BCUT2D eigenvalue weighted by Gasteiger charge is -2.02. The molecule has 2 aliphatic rings. The van der Waals surface area contributed by atoms with Crippen molar-refractivity contribution < 1.29 is 4.84 Å². The first-order chi connectivity index (χ1) is 7.93. The summed E-state index contributed by atoms with van der Waals surface area (Å²) in [6, 6.07) is 10.1. The van der Waals surface area contributed by atoms with Crippen molar-refractivity contribution in [1.82, 2.24) is 5.48 Å². The molecule has 3 rings (SSSR count). The van der Waals surface area contributed by atoms with E-state index >= 15 is 0 Å². The van der Waals surface area contributed by atoms with E-state index in [9.17, 15) is 0 Å². The van der Waals surface area contributed by atoms with Gasteiger partial charge in [0.25, 0.3) is 0 Å². The Labute approximate surface area is 94.2 Å². The summed E-state index contributed by atoms with van der Waals surface area (Å²) in [5, 5.41) is 0. The second kappa shape index (κ2) is 3.74. The summed E-state index contributed by atoms with van der Waals surface area (Å²) in [5.41, 5.74) is 6.16. The van der Waals surface area contributed by atoms with E-state index in [0.717, 1.165) is 22.6 Å². The number of nitrogens with one attached hydrogen (secondary N) is 1. The average molecular weight is 209 g/mol. The molecule has 0 atom stereocenters. The zero-order chi connectivity index (χ0) is 10.8. The van der Waals surface area contributed by atoms with Gasteiger partial charge in [0, 0.05) is 17.2 Å². The van der Waals surface area contributed by atoms with Crippen LogP contribution in [0.4, 0.5) is 0 Å².